The van der Waals surface area contributed by atoms with Crippen LogP contribution in [-0.4, -0.2) is 4.40 Å². The average Bonchev–Trinajstić information content (AvgIpc) is 2.94. The molecule has 2 aromatic heterocycles. The van der Waals surface area contributed by atoms with Crippen LogP contribution in [0.1, 0.15) is 22.4 Å². The van der Waals surface area contributed by atoms with Gasteiger partial charge in [-0.1, -0.05) is 60.7 Å². The second-order valence-electron chi connectivity index (χ2n) is 6.42. The first-order chi connectivity index (χ1) is 11.7. The third kappa shape index (κ3) is 2.52. The number of nitrogens with zero attached hydrogens (tertiary/aromatic N) is 1. The number of pyridine rings is 1. The van der Waals surface area contributed by atoms with Crippen molar-refractivity contribution in [3.63, 3.8) is 0 Å². The van der Waals surface area contributed by atoms with Gasteiger partial charge in [0.15, 0.2) is 0 Å². The Morgan fingerprint density at radius 3 is 2.33 bits per heavy atom. The summed E-state index contributed by atoms with van der Waals surface area (Å²) in [5, 5.41) is 0. The van der Waals surface area contributed by atoms with E-state index in [1.807, 2.05) is 0 Å². The Hall–Kier alpha value is -2.80. The number of aromatic nitrogens is 1. The molecule has 4 aromatic rings. The highest BCUT2D eigenvalue weighted by atomic mass is 14.9. The molecule has 0 bridgehead atoms. The lowest BCUT2D eigenvalue weighted by molar-refractivity contribution is 1.01. The molecule has 0 fully saturated rings. The zero-order chi connectivity index (χ0) is 16.5. The van der Waals surface area contributed by atoms with Gasteiger partial charge in [0.05, 0.1) is 0 Å². The largest absolute Gasteiger partial charge is 0.320 e. The minimum atomic E-state index is 0.939. The number of benzene rings is 2. The Bertz CT molecular complexity index is 993. The number of hydrogen-bond acceptors (Lipinski definition) is 0. The molecule has 0 saturated carbocycles. The van der Waals surface area contributed by atoms with Gasteiger partial charge in [-0.25, -0.2) is 0 Å². The topological polar surface area (TPSA) is 4.41 Å². The van der Waals surface area contributed by atoms with Crippen LogP contribution >= 0.6 is 0 Å². The summed E-state index contributed by atoms with van der Waals surface area (Å²) >= 11 is 0. The van der Waals surface area contributed by atoms with Gasteiger partial charge in [-0.2, -0.15) is 0 Å². The molecule has 0 atom stereocenters. The van der Waals surface area contributed by atoms with E-state index in [2.05, 4.69) is 97.2 Å². The van der Waals surface area contributed by atoms with Crippen molar-refractivity contribution in [1.82, 2.24) is 4.40 Å². The highest BCUT2D eigenvalue weighted by Gasteiger charge is 2.11. The molecule has 0 N–H and O–H groups in total. The number of aryl methyl sites for hydroxylation is 2. The molecular formula is C23H21N. The molecule has 0 aliphatic rings. The van der Waals surface area contributed by atoms with Crippen LogP contribution in [0, 0.1) is 13.8 Å². The number of hydrogen-bond donors (Lipinski definition) is 0. The summed E-state index contributed by atoms with van der Waals surface area (Å²) in [5.74, 6) is 0. The van der Waals surface area contributed by atoms with Crippen LogP contribution in [0.5, 0.6) is 0 Å². The third-order valence-corrected chi connectivity index (χ3v) is 4.80. The van der Waals surface area contributed by atoms with Crippen molar-refractivity contribution >= 4 is 5.52 Å². The molecule has 1 heteroatoms. The Morgan fingerprint density at radius 2 is 1.50 bits per heavy atom. The van der Waals surface area contributed by atoms with Crippen molar-refractivity contribution in [2.45, 2.75) is 20.3 Å². The van der Waals surface area contributed by atoms with Crippen molar-refractivity contribution in [1.29, 1.82) is 0 Å². The van der Waals surface area contributed by atoms with Crippen LogP contribution < -0.4 is 0 Å². The van der Waals surface area contributed by atoms with E-state index >= 15 is 0 Å². The molecule has 118 valence electrons. The molecule has 2 heterocycles. The van der Waals surface area contributed by atoms with Crippen LogP contribution in [-0.2, 0) is 6.42 Å². The fourth-order valence-electron chi connectivity index (χ4n) is 3.51. The molecule has 1 nitrogen and oxygen atoms in total. The molecule has 0 aliphatic carbocycles. The molecule has 0 spiro atoms. The smallest absolute Gasteiger partial charge is 0.0484 e. The third-order valence-electron chi connectivity index (χ3n) is 4.80. The van der Waals surface area contributed by atoms with Crippen molar-refractivity contribution in [2.24, 2.45) is 0 Å². The average molecular weight is 311 g/mol. The lowest BCUT2D eigenvalue weighted by Crippen LogP contribution is -1.98. The Morgan fingerprint density at radius 1 is 0.750 bits per heavy atom. The maximum atomic E-state index is 2.34. The van der Waals surface area contributed by atoms with Crippen LogP contribution in [0.2, 0.25) is 0 Å². The van der Waals surface area contributed by atoms with Crippen LogP contribution in [0.3, 0.4) is 0 Å². The first-order valence-corrected chi connectivity index (χ1v) is 8.43. The summed E-state index contributed by atoms with van der Waals surface area (Å²) in [6.07, 6.45) is 3.12. The van der Waals surface area contributed by atoms with Gasteiger partial charge in [-0.15, -0.1) is 0 Å². The van der Waals surface area contributed by atoms with Gasteiger partial charge < -0.3 is 4.40 Å². The summed E-state index contributed by atoms with van der Waals surface area (Å²) < 4.78 is 2.34. The Labute approximate surface area is 143 Å². The molecule has 0 amide bonds. The second kappa shape index (κ2) is 6.01. The minimum absolute atomic E-state index is 0.939. The number of rotatable bonds is 3. The van der Waals surface area contributed by atoms with Crippen LogP contribution in [0.15, 0.2) is 79.0 Å². The monoisotopic (exact) mass is 311 g/mol. The normalized spacial score (nSPS) is 11.1. The zero-order valence-corrected chi connectivity index (χ0v) is 14.2. The van der Waals surface area contributed by atoms with Gasteiger partial charge in [0.1, 0.15) is 0 Å². The predicted molar refractivity (Wildman–Crippen MR) is 102 cm³/mol. The lowest BCUT2D eigenvalue weighted by atomic mass is 9.96. The van der Waals surface area contributed by atoms with Crippen LogP contribution in [0.4, 0.5) is 0 Å². The second-order valence-corrected chi connectivity index (χ2v) is 6.42. The van der Waals surface area contributed by atoms with E-state index in [9.17, 15) is 0 Å². The summed E-state index contributed by atoms with van der Waals surface area (Å²) in [6.45, 7) is 4.39. The SMILES string of the molecule is Cc1cc2c(C)cccn2c1Cc1ccccc1-c1ccccc1. The molecular weight excluding hydrogens is 290 g/mol. The van der Waals surface area contributed by atoms with Crippen molar-refractivity contribution in [3.05, 3.63) is 101 Å². The van der Waals surface area contributed by atoms with E-state index in [4.69, 9.17) is 0 Å². The summed E-state index contributed by atoms with van der Waals surface area (Å²) in [4.78, 5) is 0. The number of fused-ring (bicyclic) bond motifs is 1. The molecule has 24 heavy (non-hydrogen) atoms. The zero-order valence-electron chi connectivity index (χ0n) is 14.2. The van der Waals surface area contributed by atoms with Gasteiger partial charge in [0, 0.05) is 23.8 Å². The molecule has 0 saturated heterocycles. The summed E-state index contributed by atoms with van der Waals surface area (Å²) in [5.41, 5.74) is 9.32. The van der Waals surface area contributed by atoms with E-state index < -0.39 is 0 Å². The highest BCUT2D eigenvalue weighted by Crippen LogP contribution is 2.28. The van der Waals surface area contributed by atoms with Gasteiger partial charge >= 0.3 is 0 Å². The van der Waals surface area contributed by atoms with E-state index in [1.165, 1.54) is 39.0 Å². The van der Waals surface area contributed by atoms with Gasteiger partial charge in [-0.05, 0) is 53.8 Å². The lowest BCUT2D eigenvalue weighted by Gasteiger charge is -2.11. The maximum absolute atomic E-state index is 2.34. The molecule has 0 aliphatic heterocycles. The Kier molecular flexibility index (Phi) is 3.70. The quantitative estimate of drug-likeness (QED) is 0.449. The minimum Gasteiger partial charge on any atom is -0.320 e. The fraction of sp³-hybridized carbons (Fsp3) is 0.130. The van der Waals surface area contributed by atoms with E-state index in [0.29, 0.717) is 0 Å². The van der Waals surface area contributed by atoms with Gasteiger partial charge in [0.2, 0.25) is 0 Å². The first kappa shape index (κ1) is 14.8. The predicted octanol–water partition coefficient (Wildman–Crippen LogP) is 5.81. The Balaban J connectivity index is 1.83. The van der Waals surface area contributed by atoms with Crippen molar-refractivity contribution in [3.8, 4) is 11.1 Å². The van der Waals surface area contributed by atoms with E-state index in [0.717, 1.165) is 6.42 Å². The van der Waals surface area contributed by atoms with E-state index in [1.54, 1.807) is 0 Å². The van der Waals surface area contributed by atoms with Crippen molar-refractivity contribution < 1.29 is 0 Å². The fourth-order valence-corrected chi connectivity index (χ4v) is 3.51. The van der Waals surface area contributed by atoms with Gasteiger partial charge in [0.25, 0.3) is 0 Å². The molecule has 0 unspecified atom stereocenters. The van der Waals surface area contributed by atoms with Crippen molar-refractivity contribution in [2.75, 3.05) is 0 Å². The van der Waals surface area contributed by atoms with E-state index in [-0.39, 0.29) is 0 Å². The molecule has 4 rings (SSSR count). The van der Waals surface area contributed by atoms with Crippen LogP contribution in [0.25, 0.3) is 16.6 Å². The molecule has 2 aromatic carbocycles. The summed E-state index contributed by atoms with van der Waals surface area (Å²) in [6, 6.07) is 26.0. The summed E-state index contributed by atoms with van der Waals surface area (Å²) in [7, 11) is 0. The van der Waals surface area contributed by atoms with Gasteiger partial charge in [-0.3, -0.25) is 0 Å². The standard InChI is InChI=1S/C23H21N/c1-17-9-8-14-24-22(17)15-18(2)23(24)16-20-12-6-7-13-21(20)19-10-4-3-5-11-19/h3-15H,16H2,1-2H3. The molecule has 0 radical (unpaired) electrons. The first-order valence-electron chi connectivity index (χ1n) is 8.43. The highest BCUT2D eigenvalue weighted by molar-refractivity contribution is 5.68. The maximum Gasteiger partial charge on any atom is 0.0484 e.